The van der Waals surface area contributed by atoms with Gasteiger partial charge in [-0.3, -0.25) is 0 Å². The number of benzene rings is 3. The highest BCUT2D eigenvalue weighted by Gasteiger charge is 2.17. The van der Waals surface area contributed by atoms with Gasteiger partial charge < -0.3 is 0 Å². The summed E-state index contributed by atoms with van der Waals surface area (Å²) in [5.74, 6) is 0. The molecule has 0 saturated heterocycles. The van der Waals surface area contributed by atoms with Crippen LogP contribution >= 0.6 is 33.9 Å². The number of nitrogens with zero attached hydrogens (tertiary/aromatic N) is 2. The molecule has 25 heavy (non-hydrogen) atoms. The van der Waals surface area contributed by atoms with Gasteiger partial charge in [0.25, 0.3) is 0 Å². The summed E-state index contributed by atoms with van der Waals surface area (Å²) in [6, 6.07) is 16.9. The minimum absolute atomic E-state index is 0.940. The fourth-order valence-electron chi connectivity index (χ4n) is 3.34. The Morgan fingerprint density at radius 1 is 0.880 bits per heavy atom. The van der Waals surface area contributed by atoms with E-state index in [0.29, 0.717) is 0 Å². The van der Waals surface area contributed by atoms with Crippen LogP contribution in [0.3, 0.4) is 0 Å². The summed E-state index contributed by atoms with van der Waals surface area (Å²) < 4.78 is 1.17. The summed E-state index contributed by atoms with van der Waals surface area (Å²) >= 11 is 4.16. The van der Waals surface area contributed by atoms with Crippen molar-refractivity contribution in [1.82, 2.24) is 9.97 Å². The number of aromatic nitrogens is 2. The molecule has 4 heteroatoms. The molecule has 0 atom stereocenters. The number of aryl methyl sites for hydroxylation is 1. The molecule has 2 nitrogen and oxygen atoms in total. The zero-order chi connectivity index (χ0) is 17.0. The van der Waals surface area contributed by atoms with E-state index in [1.807, 2.05) is 24.3 Å². The Kier molecular flexibility index (Phi) is 3.50. The molecule has 2 heterocycles. The van der Waals surface area contributed by atoms with Crippen LogP contribution in [0.1, 0.15) is 5.56 Å². The average molecular weight is 452 g/mol. The lowest BCUT2D eigenvalue weighted by atomic mass is 9.97. The molecule has 0 fully saturated rings. The second-order valence-corrected chi connectivity index (χ2v) is 8.02. The molecule has 0 unspecified atom stereocenters. The molecule has 5 rings (SSSR count). The van der Waals surface area contributed by atoms with Gasteiger partial charge in [-0.1, -0.05) is 35.9 Å². The zero-order valence-electron chi connectivity index (χ0n) is 13.5. The first-order valence-corrected chi connectivity index (χ1v) is 10.1. The molecule has 0 N–H and O–H groups in total. The molecule has 120 valence electrons. The Morgan fingerprint density at radius 3 is 2.36 bits per heavy atom. The molecule has 0 amide bonds. The van der Waals surface area contributed by atoms with Crippen LogP contribution in [0.15, 0.2) is 59.3 Å². The summed E-state index contributed by atoms with van der Waals surface area (Å²) in [5, 5.41) is 6.75. The van der Waals surface area contributed by atoms with Gasteiger partial charge in [0.1, 0.15) is 5.52 Å². The number of hydrogen-bond donors (Lipinski definition) is 0. The number of thiophene rings is 1. The monoisotopic (exact) mass is 452 g/mol. The SMILES string of the molecule is Cc1ccc2c(c1)c(-c1ccsc1)c(I)c1nc3ccccc3nc12. The molecule has 0 spiro atoms. The van der Waals surface area contributed by atoms with Crippen molar-refractivity contribution < 1.29 is 0 Å². The molecule has 0 aliphatic heterocycles. The van der Waals surface area contributed by atoms with Crippen LogP contribution in [0.25, 0.3) is 44.0 Å². The highest BCUT2D eigenvalue weighted by molar-refractivity contribution is 14.1. The van der Waals surface area contributed by atoms with Crippen molar-refractivity contribution in [2.24, 2.45) is 0 Å². The quantitative estimate of drug-likeness (QED) is 0.163. The van der Waals surface area contributed by atoms with Crippen molar-refractivity contribution >= 4 is 66.8 Å². The number of para-hydroxylation sites is 2. The fraction of sp³-hybridized carbons (Fsp3) is 0.0476. The fourth-order valence-corrected chi connectivity index (χ4v) is 4.96. The Hall–Kier alpha value is -2.05. The maximum absolute atomic E-state index is 4.95. The Morgan fingerprint density at radius 2 is 1.64 bits per heavy atom. The van der Waals surface area contributed by atoms with Gasteiger partial charge in [-0.2, -0.15) is 11.3 Å². The van der Waals surface area contributed by atoms with E-state index in [9.17, 15) is 0 Å². The first-order chi connectivity index (χ1) is 12.2. The lowest BCUT2D eigenvalue weighted by Crippen LogP contribution is -1.95. The third-order valence-electron chi connectivity index (χ3n) is 4.51. The van der Waals surface area contributed by atoms with Crippen molar-refractivity contribution in [3.63, 3.8) is 0 Å². The second kappa shape index (κ2) is 5.75. The maximum Gasteiger partial charge on any atom is 0.104 e. The van der Waals surface area contributed by atoms with Crippen LogP contribution < -0.4 is 0 Å². The molecule has 3 aromatic carbocycles. The van der Waals surface area contributed by atoms with Crippen LogP contribution in [-0.2, 0) is 0 Å². The standard InChI is InChI=1S/C21H13IN2S/c1-12-6-7-14-15(10-12)18(13-8-9-25-11-13)19(22)21-20(14)23-16-4-2-3-5-17(16)24-21/h2-11H,1H3. The highest BCUT2D eigenvalue weighted by Crippen LogP contribution is 2.40. The molecular formula is C21H13IN2S. The normalized spacial score (nSPS) is 11.6. The Balaban J connectivity index is 2.06. The number of rotatable bonds is 1. The number of hydrogen-bond acceptors (Lipinski definition) is 3. The van der Waals surface area contributed by atoms with Gasteiger partial charge in [-0.25, -0.2) is 9.97 Å². The Labute approximate surface area is 162 Å². The van der Waals surface area contributed by atoms with Crippen molar-refractivity contribution in [3.8, 4) is 11.1 Å². The molecule has 2 aromatic heterocycles. The lowest BCUT2D eigenvalue weighted by Gasteiger charge is -2.13. The highest BCUT2D eigenvalue weighted by atomic mass is 127. The van der Waals surface area contributed by atoms with Gasteiger partial charge >= 0.3 is 0 Å². The van der Waals surface area contributed by atoms with Gasteiger partial charge in [-0.15, -0.1) is 0 Å². The van der Waals surface area contributed by atoms with Crippen molar-refractivity contribution in [3.05, 3.63) is 68.4 Å². The topological polar surface area (TPSA) is 25.8 Å². The van der Waals surface area contributed by atoms with Crippen LogP contribution in [0.2, 0.25) is 0 Å². The summed E-state index contributed by atoms with van der Waals surface area (Å²) in [6.45, 7) is 2.14. The van der Waals surface area contributed by atoms with E-state index in [2.05, 4.69) is 64.5 Å². The van der Waals surface area contributed by atoms with Crippen molar-refractivity contribution in [2.45, 2.75) is 6.92 Å². The molecular weight excluding hydrogens is 439 g/mol. The maximum atomic E-state index is 4.95. The van der Waals surface area contributed by atoms with Crippen LogP contribution in [0, 0.1) is 10.5 Å². The smallest absolute Gasteiger partial charge is 0.104 e. The minimum atomic E-state index is 0.940. The van der Waals surface area contributed by atoms with E-state index >= 15 is 0 Å². The van der Waals surface area contributed by atoms with E-state index in [4.69, 9.17) is 9.97 Å². The molecule has 0 aliphatic rings. The first kappa shape index (κ1) is 15.2. The average Bonchev–Trinajstić information content (AvgIpc) is 3.15. The van der Waals surface area contributed by atoms with Gasteiger partial charge in [0, 0.05) is 14.5 Å². The first-order valence-electron chi connectivity index (χ1n) is 8.03. The largest absolute Gasteiger partial charge is 0.244 e. The van der Waals surface area contributed by atoms with Crippen LogP contribution in [0.5, 0.6) is 0 Å². The Bertz CT molecular complexity index is 1260. The summed E-state index contributed by atoms with van der Waals surface area (Å²) in [6.07, 6.45) is 0. The van der Waals surface area contributed by atoms with Crippen LogP contribution in [-0.4, -0.2) is 9.97 Å². The lowest BCUT2D eigenvalue weighted by molar-refractivity contribution is 1.39. The molecule has 0 aliphatic carbocycles. The van der Waals surface area contributed by atoms with Crippen LogP contribution in [0.4, 0.5) is 0 Å². The number of halogens is 1. The van der Waals surface area contributed by atoms with Crippen molar-refractivity contribution in [1.29, 1.82) is 0 Å². The third kappa shape index (κ3) is 2.35. The third-order valence-corrected chi connectivity index (χ3v) is 6.24. The van der Waals surface area contributed by atoms with Crippen molar-refractivity contribution in [2.75, 3.05) is 0 Å². The molecule has 0 saturated carbocycles. The minimum Gasteiger partial charge on any atom is -0.244 e. The molecule has 0 bridgehead atoms. The number of fused-ring (bicyclic) bond motifs is 4. The molecule has 5 aromatic rings. The van der Waals surface area contributed by atoms with E-state index < -0.39 is 0 Å². The van der Waals surface area contributed by atoms with Gasteiger partial charge in [0.2, 0.25) is 0 Å². The predicted molar refractivity (Wildman–Crippen MR) is 115 cm³/mol. The summed E-state index contributed by atoms with van der Waals surface area (Å²) in [7, 11) is 0. The summed E-state index contributed by atoms with van der Waals surface area (Å²) in [4.78, 5) is 9.91. The second-order valence-electron chi connectivity index (χ2n) is 6.16. The molecule has 0 radical (unpaired) electrons. The van der Waals surface area contributed by atoms with E-state index in [-0.39, 0.29) is 0 Å². The zero-order valence-corrected chi connectivity index (χ0v) is 16.4. The summed E-state index contributed by atoms with van der Waals surface area (Å²) in [5.41, 5.74) is 7.62. The van der Waals surface area contributed by atoms with E-state index in [0.717, 1.165) is 22.1 Å². The van der Waals surface area contributed by atoms with E-state index in [1.165, 1.54) is 31.0 Å². The van der Waals surface area contributed by atoms with Gasteiger partial charge in [0.15, 0.2) is 0 Å². The van der Waals surface area contributed by atoms with Gasteiger partial charge in [0.05, 0.1) is 16.6 Å². The van der Waals surface area contributed by atoms with E-state index in [1.54, 1.807) is 11.3 Å². The predicted octanol–water partition coefficient (Wildman–Crippen LogP) is 6.58. The van der Waals surface area contributed by atoms with Gasteiger partial charge in [-0.05, 0) is 69.4 Å².